The first kappa shape index (κ1) is 15.5. The molecule has 0 spiro atoms. The molecule has 0 aliphatic rings. The molecular weight excluding hydrogens is 238 g/mol. The minimum absolute atomic E-state index is 0.158. The summed E-state index contributed by atoms with van der Waals surface area (Å²) in [6.45, 7) is 4.48. The van der Waals surface area contributed by atoms with Gasteiger partial charge in [0.05, 0.1) is 6.54 Å². The smallest absolute Gasteiger partial charge is 0.236 e. The van der Waals surface area contributed by atoms with E-state index in [4.69, 9.17) is 5.73 Å². The van der Waals surface area contributed by atoms with Crippen LogP contribution in [-0.4, -0.2) is 49.4 Å². The number of nitrogen functional groups attached to an aromatic ring is 1. The molecule has 0 saturated heterocycles. The van der Waals surface area contributed by atoms with E-state index in [1.54, 1.807) is 19.0 Å². The van der Waals surface area contributed by atoms with Crippen LogP contribution in [0.1, 0.15) is 18.9 Å². The van der Waals surface area contributed by atoms with Crippen molar-refractivity contribution in [3.8, 4) is 0 Å². The number of carbonyl (C=O) groups is 1. The lowest BCUT2D eigenvalue weighted by Gasteiger charge is -2.23. The molecule has 4 heteroatoms. The molecule has 1 aromatic carbocycles. The van der Waals surface area contributed by atoms with Crippen LogP contribution in [0.5, 0.6) is 0 Å². The lowest BCUT2D eigenvalue weighted by Crippen LogP contribution is -2.38. The number of likely N-dealkylation sites (N-methyl/N-ethyl adjacent to an activating group) is 1. The van der Waals surface area contributed by atoms with Gasteiger partial charge in [0.2, 0.25) is 5.91 Å². The molecule has 0 fully saturated rings. The fourth-order valence-electron chi connectivity index (χ4n) is 1.89. The van der Waals surface area contributed by atoms with E-state index < -0.39 is 0 Å². The van der Waals surface area contributed by atoms with Crippen LogP contribution in [0.2, 0.25) is 0 Å². The molecule has 0 radical (unpaired) electrons. The highest BCUT2D eigenvalue weighted by molar-refractivity contribution is 5.77. The molecule has 1 rings (SSSR count). The lowest BCUT2D eigenvalue weighted by atomic mass is 10.1. The van der Waals surface area contributed by atoms with Gasteiger partial charge in [-0.25, -0.2) is 0 Å². The molecular formula is C15H25N3O. The summed E-state index contributed by atoms with van der Waals surface area (Å²) in [6, 6.07) is 7.94. The van der Waals surface area contributed by atoms with E-state index in [2.05, 4.69) is 11.8 Å². The number of amides is 1. The van der Waals surface area contributed by atoms with E-state index >= 15 is 0 Å². The van der Waals surface area contributed by atoms with E-state index in [0.29, 0.717) is 6.54 Å². The summed E-state index contributed by atoms with van der Waals surface area (Å²) in [5.74, 6) is 0.158. The standard InChI is InChI=1S/C15H25N3O/c1-4-10-18(12-15(19)17(2)3)11-9-13-5-7-14(16)8-6-13/h5-8H,4,9-12,16H2,1-3H3. The van der Waals surface area contributed by atoms with Gasteiger partial charge >= 0.3 is 0 Å². The molecule has 0 atom stereocenters. The predicted molar refractivity (Wildman–Crippen MR) is 80.0 cm³/mol. The van der Waals surface area contributed by atoms with Crippen molar-refractivity contribution in [2.24, 2.45) is 0 Å². The van der Waals surface area contributed by atoms with Crippen LogP contribution in [-0.2, 0) is 11.2 Å². The van der Waals surface area contributed by atoms with Gasteiger partial charge in [-0.1, -0.05) is 19.1 Å². The summed E-state index contributed by atoms with van der Waals surface area (Å²) in [4.78, 5) is 15.6. The molecule has 0 bridgehead atoms. The highest BCUT2D eigenvalue weighted by Gasteiger charge is 2.11. The SMILES string of the molecule is CCCN(CCc1ccc(N)cc1)CC(=O)N(C)C. The predicted octanol–water partition coefficient (Wildman–Crippen LogP) is 1.61. The fraction of sp³-hybridized carbons (Fsp3) is 0.533. The van der Waals surface area contributed by atoms with Crippen LogP contribution in [0.4, 0.5) is 5.69 Å². The molecule has 0 aliphatic carbocycles. The maximum atomic E-state index is 11.8. The summed E-state index contributed by atoms with van der Waals surface area (Å²) in [5, 5.41) is 0. The largest absolute Gasteiger partial charge is 0.399 e. The summed E-state index contributed by atoms with van der Waals surface area (Å²) < 4.78 is 0. The average Bonchev–Trinajstić information content (AvgIpc) is 2.37. The second-order valence-electron chi connectivity index (χ2n) is 5.06. The zero-order valence-corrected chi connectivity index (χ0v) is 12.2. The van der Waals surface area contributed by atoms with Crippen molar-refractivity contribution in [2.75, 3.05) is 39.5 Å². The Morgan fingerprint density at radius 3 is 2.32 bits per heavy atom. The molecule has 0 unspecified atom stereocenters. The molecule has 0 aliphatic heterocycles. The van der Waals surface area contributed by atoms with Crippen molar-refractivity contribution < 1.29 is 4.79 Å². The normalized spacial score (nSPS) is 10.7. The third-order valence-corrected chi connectivity index (χ3v) is 3.09. The van der Waals surface area contributed by atoms with Crippen molar-refractivity contribution in [1.29, 1.82) is 0 Å². The highest BCUT2D eigenvalue weighted by atomic mass is 16.2. The van der Waals surface area contributed by atoms with Gasteiger partial charge in [0.1, 0.15) is 0 Å². The number of benzene rings is 1. The van der Waals surface area contributed by atoms with E-state index in [9.17, 15) is 4.79 Å². The molecule has 4 nitrogen and oxygen atoms in total. The summed E-state index contributed by atoms with van der Waals surface area (Å²) >= 11 is 0. The first-order valence-corrected chi connectivity index (χ1v) is 6.80. The van der Waals surface area contributed by atoms with Gasteiger partial charge in [0, 0.05) is 26.3 Å². The second-order valence-corrected chi connectivity index (χ2v) is 5.06. The van der Waals surface area contributed by atoms with Crippen molar-refractivity contribution >= 4 is 11.6 Å². The van der Waals surface area contributed by atoms with Crippen LogP contribution in [0.3, 0.4) is 0 Å². The Balaban J connectivity index is 2.49. The quantitative estimate of drug-likeness (QED) is 0.760. The topological polar surface area (TPSA) is 49.6 Å². The number of anilines is 1. The van der Waals surface area contributed by atoms with Gasteiger partial charge in [-0.2, -0.15) is 0 Å². The molecule has 0 heterocycles. The zero-order valence-electron chi connectivity index (χ0n) is 12.2. The van der Waals surface area contributed by atoms with Gasteiger partial charge in [0.25, 0.3) is 0 Å². The third kappa shape index (κ3) is 5.75. The average molecular weight is 263 g/mol. The van der Waals surface area contributed by atoms with E-state index in [-0.39, 0.29) is 5.91 Å². The van der Waals surface area contributed by atoms with Crippen molar-refractivity contribution in [1.82, 2.24) is 9.80 Å². The number of nitrogens with zero attached hydrogens (tertiary/aromatic N) is 2. The highest BCUT2D eigenvalue weighted by Crippen LogP contribution is 2.07. The van der Waals surface area contributed by atoms with Gasteiger partial charge in [-0.15, -0.1) is 0 Å². The molecule has 1 aromatic rings. The number of carbonyl (C=O) groups excluding carboxylic acids is 1. The van der Waals surface area contributed by atoms with Crippen LogP contribution in [0.25, 0.3) is 0 Å². The van der Waals surface area contributed by atoms with Crippen molar-refractivity contribution in [2.45, 2.75) is 19.8 Å². The maximum absolute atomic E-state index is 11.8. The fourth-order valence-corrected chi connectivity index (χ4v) is 1.89. The zero-order chi connectivity index (χ0) is 14.3. The summed E-state index contributed by atoms with van der Waals surface area (Å²) in [6.07, 6.45) is 2.00. The first-order chi connectivity index (χ1) is 9.02. The molecule has 1 amide bonds. The van der Waals surface area contributed by atoms with Crippen LogP contribution < -0.4 is 5.73 Å². The number of hydrogen-bond acceptors (Lipinski definition) is 3. The Morgan fingerprint density at radius 2 is 1.79 bits per heavy atom. The monoisotopic (exact) mass is 263 g/mol. The Hall–Kier alpha value is -1.55. The Labute approximate surface area is 116 Å². The van der Waals surface area contributed by atoms with E-state index in [0.717, 1.165) is 31.6 Å². The first-order valence-electron chi connectivity index (χ1n) is 6.80. The van der Waals surface area contributed by atoms with Crippen LogP contribution >= 0.6 is 0 Å². The van der Waals surface area contributed by atoms with Gasteiger partial charge in [0.15, 0.2) is 0 Å². The molecule has 106 valence electrons. The summed E-state index contributed by atoms with van der Waals surface area (Å²) in [5.41, 5.74) is 7.71. The van der Waals surface area contributed by atoms with Gasteiger partial charge in [-0.3, -0.25) is 9.69 Å². The van der Waals surface area contributed by atoms with Gasteiger partial charge < -0.3 is 10.6 Å². The molecule has 2 N–H and O–H groups in total. The number of hydrogen-bond donors (Lipinski definition) is 1. The molecule has 0 saturated carbocycles. The maximum Gasteiger partial charge on any atom is 0.236 e. The Bertz CT molecular complexity index is 387. The summed E-state index contributed by atoms with van der Waals surface area (Å²) in [7, 11) is 3.60. The number of rotatable bonds is 7. The Morgan fingerprint density at radius 1 is 1.16 bits per heavy atom. The Kier molecular flexibility index (Phi) is 6.36. The minimum atomic E-state index is 0.158. The number of nitrogens with two attached hydrogens (primary N) is 1. The van der Waals surface area contributed by atoms with E-state index in [1.807, 2.05) is 24.3 Å². The minimum Gasteiger partial charge on any atom is -0.399 e. The lowest BCUT2D eigenvalue weighted by molar-refractivity contribution is -0.129. The van der Waals surface area contributed by atoms with Gasteiger partial charge in [-0.05, 0) is 37.1 Å². The third-order valence-electron chi connectivity index (χ3n) is 3.09. The van der Waals surface area contributed by atoms with Crippen molar-refractivity contribution in [3.63, 3.8) is 0 Å². The molecule has 0 aromatic heterocycles. The van der Waals surface area contributed by atoms with E-state index in [1.165, 1.54) is 5.56 Å². The van der Waals surface area contributed by atoms with Crippen molar-refractivity contribution in [3.05, 3.63) is 29.8 Å². The second kappa shape index (κ2) is 7.79. The van der Waals surface area contributed by atoms with Crippen LogP contribution in [0.15, 0.2) is 24.3 Å². The van der Waals surface area contributed by atoms with Crippen LogP contribution in [0, 0.1) is 0 Å². The molecule has 19 heavy (non-hydrogen) atoms.